The van der Waals surface area contributed by atoms with E-state index < -0.39 is 0 Å². The van der Waals surface area contributed by atoms with Gasteiger partial charge in [-0.15, -0.1) is 0 Å². The van der Waals surface area contributed by atoms with Gasteiger partial charge in [-0.1, -0.05) is 19.8 Å². The number of nitrogens with one attached hydrogen (secondary N) is 1. The van der Waals surface area contributed by atoms with E-state index in [2.05, 4.69) is 26.1 Å². The van der Waals surface area contributed by atoms with Gasteiger partial charge in [0.1, 0.15) is 0 Å². The van der Waals surface area contributed by atoms with E-state index in [9.17, 15) is 0 Å². The molecule has 0 radical (unpaired) electrons. The Kier molecular flexibility index (Phi) is 4.74. The van der Waals surface area contributed by atoms with Crippen molar-refractivity contribution in [2.24, 2.45) is 0 Å². The minimum atomic E-state index is 0.372. The van der Waals surface area contributed by atoms with Crippen LogP contribution in [-0.2, 0) is 4.74 Å². The highest BCUT2D eigenvalue weighted by Crippen LogP contribution is 2.16. The Morgan fingerprint density at radius 1 is 1.46 bits per heavy atom. The van der Waals surface area contributed by atoms with Gasteiger partial charge in [0.2, 0.25) is 0 Å². The van der Waals surface area contributed by atoms with E-state index in [4.69, 9.17) is 4.74 Å². The summed E-state index contributed by atoms with van der Waals surface area (Å²) in [6.07, 6.45) is 5.99. The molecule has 2 heteroatoms. The number of hydrogen-bond acceptors (Lipinski definition) is 2. The third-order valence-electron chi connectivity index (χ3n) is 2.55. The normalized spacial score (nSPS) is 28.6. The third kappa shape index (κ3) is 4.10. The van der Waals surface area contributed by atoms with Crippen LogP contribution in [0.15, 0.2) is 0 Å². The summed E-state index contributed by atoms with van der Waals surface area (Å²) in [6, 6.07) is 0.712. The lowest BCUT2D eigenvalue weighted by atomic mass is 10.1. The van der Waals surface area contributed by atoms with Gasteiger partial charge in [-0.05, 0) is 26.7 Å². The molecule has 2 unspecified atom stereocenters. The molecule has 0 aromatic carbocycles. The minimum absolute atomic E-state index is 0.372. The van der Waals surface area contributed by atoms with E-state index in [0.29, 0.717) is 18.2 Å². The fourth-order valence-corrected chi connectivity index (χ4v) is 1.94. The summed E-state index contributed by atoms with van der Waals surface area (Å²) in [4.78, 5) is 0. The van der Waals surface area contributed by atoms with Gasteiger partial charge in [-0.3, -0.25) is 0 Å². The van der Waals surface area contributed by atoms with Crippen LogP contribution in [0.4, 0.5) is 0 Å². The maximum atomic E-state index is 5.76. The lowest BCUT2D eigenvalue weighted by molar-refractivity contribution is 0.0186. The van der Waals surface area contributed by atoms with E-state index in [-0.39, 0.29) is 0 Å². The second-order valence-corrected chi connectivity index (χ2v) is 4.29. The van der Waals surface area contributed by atoms with Gasteiger partial charge in [0.15, 0.2) is 0 Å². The third-order valence-corrected chi connectivity index (χ3v) is 2.55. The molecule has 1 saturated heterocycles. The Hall–Kier alpha value is -0.0800. The molecule has 0 aromatic heterocycles. The summed E-state index contributed by atoms with van der Waals surface area (Å²) >= 11 is 0. The van der Waals surface area contributed by atoms with E-state index >= 15 is 0 Å². The van der Waals surface area contributed by atoms with Crippen molar-refractivity contribution < 1.29 is 4.74 Å². The Labute approximate surface area is 82.0 Å². The van der Waals surface area contributed by atoms with Gasteiger partial charge in [0.05, 0.1) is 12.2 Å². The fourth-order valence-electron chi connectivity index (χ4n) is 1.94. The van der Waals surface area contributed by atoms with Crippen molar-refractivity contribution in [2.45, 2.75) is 64.7 Å². The Bertz CT molecular complexity index is 136. The fraction of sp³-hybridized carbons (Fsp3) is 1.00. The van der Waals surface area contributed by atoms with E-state index in [1.165, 1.54) is 25.7 Å². The maximum Gasteiger partial charge on any atom is 0.0717 e. The highest BCUT2D eigenvalue weighted by Gasteiger charge is 2.24. The summed E-state index contributed by atoms with van der Waals surface area (Å²) < 4.78 is 5.76. The topological polar surface area (TPSA) is 21.3 Å². The Balaban J connectivity index is 2.12. The molecule has 0 aliphatic carbocycles. The van der Waals surface area contributed by atoms with Crippen LogP contribution in [-0.4, -0.2) is 24.8 Å². The SMILES string of the molecule is CCCCC1CC(OC(C)C)CN1. The van der Waals surface area contributed by atoms with Crippen LogP contribution < -0.4 is 5.32 Å². The standard InChI is InChI=1S/C11H23NO/c1-4-5-6-10-7-11(8-12-10)13-9(2)3/h9-12H,4-8H2,1-3H3. The highest BCUT2D eigenvalue weighted by atomic mass is 16.5. The average Bonchev–Trinajstić information content (AvgIpc) is 2.48. The summed E-state index contributed by atoms with van der Waals surface area (Å²) in [5, 5.41) is 3.52. The summed E-state index contributed by atoms with van der Waals surface area (Å²) in [7, 11) is 0. The zero-order chi connectivity index (χ0) is 9.68. The first kappa shape index (κ1) is 11.0. The molecule has 0 saturated carbocycles. The molecule has 2 atom stereocenters. The lowest BCUT2D eigenvalue weighted by Gasteiger charge is -2.14. The van der Waals surface area contributed by atoms with Gasteiger partial charge in [0.25, 0.3) is 0 Å². The van der Waals surface area contributed by atoms with E-state index in [1.54, 1.807) is 0 Å². The molecule has 1 aliphatic heterocycles. The number of rotatable bonds is 5. The number of unbranched alkanes of at least 4 members (excludes halogenated alkanes) is 1. The number of ether oxygens (including phenoxy) is 1. The summed E-state index contributed by atoms with van der Waals surface area (Å²) in [5.41, 5.74) is 0. The van der Waals surface area contributed by atoms with Crippen LogP contribution in [0.5, 0.6) is 0 Å². The predicted octanol–water partition coefficient (Wildman–Crippen LogP) is 2.33. The molecule has 1 fully saturated rings. The zero-order valence-electron chi connectivity index (χ0n) is 9.18. The molecule has 1 rings (SSSR count). The summed E-state index contributed by atoms with van der Waals surface area (Å²) in [5.74, 6) is 0. The Morgan fingerprint density at radius 2 is 2.23 bits per heavy atom. The van der Waals surface area contributed by atoms with Crippen molar-refractivity contribution in [1.82, 2.24) is 5.32 Å². The van der Waals surface area contributed by atoms with Crippen LogP contribution in [0.1, 0.15) is 46.5 Å². The zero-order valence-corrected chi connectivity index (χ0v) is 9.18. The van der Waals surface area contributed by atoms with Crippen LogP contribution in [0.25, 0.3) is 0 Å². The van der Waals surface area contributed by atoms with Crippen LogP contribution in [0.3, 0.4) is 0 Å². The van der Waals surface area contributed by atoms with Crippen molar-refractivity contribution in [3.05, 3.63) is 0 Å². The molecular formula is C11H23NO. The van der Waals surface area contributed by atoms with E-state index in [1.807, 2.05) is 0 Å². The van der Waals surface area contributed by atoms with Crippen molar-refractivity contribution in [1.29, 1.82) is 0 Å². The maximum absolute atomic E-state index is 5.76. The monoisotopic (exact) mass is 185 g/mol. The largest absolute Gasteiger partial charge is 0.374 e. The van der Waals surface area contributed by atoms with Crippen LogP contribution >= 0.6 is 0 Å². The van der Waals surface area contributed by atoms with Gasteiger partial charge >= 0.3 is 0 Å². The van der Waals surface area contributed by atoms with Crippen molar-refractivity contribution in [2.75, 3.05) is 6.54 Å². The second kappa shape index (κ2) is 5.61. The Morgan fingerprint density at radius 3 is 2.85 bits per heavy atom. The predicted molar refractivity (Wildman–Crippen MR) is 55.9 cm³/mol. The lowest BCUT2D eigenvalue weighted by Crippen LogP contribution is -2.22. The molecule has 0 bridgehead atoms. The molecule has 2 nitrogen and oxygen atoms in total. The van der Waals surface area contributed by atoms with Crippen molar-refractivity contribution in [3.63, 3.8) is 0 Å². The molecule has 78 valence electrons. The van der Waals surface area contributed by atoms with Crippen molar-refractivity contribution >= 4 is 0 Å². The van der Waals surface area contributed by atoms with E-state index in [0.717, 1.165) is 6.54 Å². The average molecular weight is 185 g/mol. The second-order valence-electron chi connectivity index (χ2n) is 4.29. The van der Waals surface area contributed by atoms with Gasteiger partial charge in [0, 0.05) is 12.6 Å². The molecular weight excluding hydrogens is 162 g/mol. The first-order valence-electron chi connectivity index (χ1n) is 5.61. The molecule has 0 aromatic rings. The van der Waals surface area contributed by atoms with Gasteiger partial charge in [-0.2, -0.15) is 0 Å². The van der Waals surface area contributed by atoms with Gasteiger partial charge < -0.3 is 10.1 Å². The molecule has 0 spiro atoms. The molecule has 0 amide bonds. The van der Waals surface area contributed by atoms with Crippen molar-refractivity contribution in [3.8, 4) is 0 Å². The van der Waals surface area contributed by atoms with Crippen LogP contribution in [0.2, 0.25) is 0 Å². The quantitative estimate of drug-likeness (QED) is 0.710. The van der Waals surface area contributed by atoms with Gasteiger partial charge in [-0.25, -0.2) is 0 Å². The smallest absolute Gasteiger partial charge is 0.0717 e. The highest BCUT2D eigenvalue weighted by molar-refractivity contribution is 4.82. The summed E-state index contributed by atoms with van der Waals surface area (Å²) in [6.45, 7) is 7.52. The minimum Gasteiger partial charge on any atom is -0.374 e. The first-order chi connectivity index (χ1) is 6.22. The first-order valence-corrected chi connectivity index (χ1v) is 5.61. The number of hydrogen-bond donors (Lipinski definition) is 1. The molecule has 1 aliphatic rings. The molecule has 13 heavy (non-hydrogen) atoms. The van der Waals surface area contributed by atoms with Crippen LogP contribution in [0, 0.1) is 0 Å². The molecule has 1 heterocycles. The molecule has 1 N–H and O–H groups in total.